The third-order valence-electron chi connectivity index (χ3n) is 6.49. The topological polar surface area (TPSA) is 35.5 Å². The van der Waals surface area contributed by atoms with Crippen LogP contribution in [0.25, 0.3) is 22.3 Å². The van der Waals surface area contributed by atoms with Crippen molar-refractivity contribution in [2.75, 3.05) is 5.75 Å². The van der Waals surface area contributed by atoms with Gasteiger partial charge in [-0.1, -0.05) is 95.6 Å². The maximum atomic E-state index is 14.1. The molecule has 1 unspecified atom stereocenters. The fourth-order valence-electron chi connectivity index (χ4n) is 4.41. The molecule has 5 rings (SSSR count). The van der Waals surface area contributed by atoms with Crippen LogP contribution in [0, 0.1) is 11.6 Å². The van der Waals surface area contributed by atoms with E-state index >= 15 is 0 Å². The molecule has 0 saturated heterocycles. The van der Waals surface area contributed by atoms with Gasteiger partial charge in [-0.25, -0.2) is 13.6 Å². The monoisotopic (exact) mass is 632 g/mol. The van der Waals surface area contributed by atoms with Crippen molar-refractivity contribution in [2.45, 2.75) is 4.93 Å². The first-order valence-electron chi connectivity index (χ1n) is 13.1. The highest BCUT2D eigenvalue weighted by atomic mass is 35.5. The molecule has 0 spiro atoms. The van der Waals surface area contributed by atoms with Crippen LogP contribution in [0.3, 0.4) is 0 Å². The Morgan fingerprint density at radius 3 is 1.79 bits per heavy atom. The predicted molar refractivity (Wildman–Crippen MR) is 171 cm³/mol. The molecule has 5 aromatic carbocycles. The molecule has 8 heteroatoms. The average Bonchev–Trinajstić information content (AvgIpc) is 3.00. The predicted octanol–water partition coefficient (Wildman–Crippen LogP) is 10.4. The SMILES string of the molecule is C=CCSC(Oc1ccccc1)(C(=O)Oc1ccc(-c2ccc(F)cc2Cl)cc1)c1ccc(-c2ccc(F)cc2Cl)cc1. The van der Waals surface area contributed by atoms with Gasteiger partial charge in [-0.2, -0.15) is 0 Å². The molecule has 3 nitrogen and oxygen atoms in total. The number of benzene rings is 5. The second kappa shape index (κ2) is 13.5. The third kappa shape index (κ3) is 6.94. The number of ether oxygens (including phenoxy) is 2. The maximum absolute atomic E-state index is 14.1. The summed E-state index contributed by atoms with van der Waals surface area (Å²) < 4.78 is 39.5. The summed E-state index contributed by atoms with van der Waals surface area (Å²) in [5, 5.41) is 0.539. The van der Waals surface area contributed by atoms with Crippen LogP contribution in [0.5, 0.6) is 11.5 Å². The molecule has 0 fully saturated rings. The van der Waals surface area contributed by atoms with Gasteiger partial charge in [-0.3, -0.25) is 0 Å². The average molecular weight is 634 g/mol. The van der Waals surface area contributed by atoms with Gasteiger partial charge in [0.1, 0.15) is 23.1 Å². The summed E-state index contributed by atoms with van der Waals surface area (Å²) in [6.45, 7) is 3.82. The summed E-state index contributed by atoms with van der Waals surface area (Å²) >= 11 is 13.7. The Hall–Kier alpha value is -4.10. The lowest BCUT2D eigenvalue weighted by Gasteiger charge is -2.32. The van der Waals surface area contributed by atoms with Crippen molar-refractivity contribution >= 4 is 40.9 Å². The van der Waals surface area contributed by atoms with Crippen molar-refractivity contribution < 1.29 is 23.0 Å². The number of rotatable bonds is 10. The van der Waals surface area contributed by atoms with Crippen LogP contribution >= 0.6 is 35.0 Å². The molecule has 0 bridgehead atoms. The summed E-state index contributed by atoms with van der Waals surface area (Å²) in [4.78, 5) is 12.5. The van der Waals surface area contributed by atoms with E-state index in [1.54, 1.807) is 78.9 Å². The van der Waals surface area contributed by atoms with E-state index in [1.807, 2.05) is 18.2 Å². The zero-order valence-corrected chi connectivity index (χ0v) is 24.9. The summed E-state index contributed by atoms with van der Waals surface area (Å²) in [6.07, 6.45) is 1.68. The van der Waals surface area contributed by atoms with E-state index in [-0.39, 0.29) is 15.8 Å². The Balaban J connectivity index is 1.51. The van der Waals surface area contributed by atoms with E-state index in [0.29, 0.717) is 28.2 Å². The number of thioether (sulfide) groups is 1. The van der Waals surface area contributed by atoms with Crippen molar-refractivity contribution in [3.8, 4) is 33.8 Å². The number of halogens is 4. The number of carbonyl (C=O) groups is 1. The Morgan fingerprint density at radius 1 is 0.744 bits per heavy atom. The zero-order valence-electron chi connectivity index (χ0n) is 22.6. The zero-order chi connectivity index (χ0) is 30.4. The second-order valence-corrected chi connectivity index (χ2v) is 11.4. The van der Waals surface area contributed by atoms with Crippen molar-refractivity contribution in [2.24, 2.45) is 0 Å². The van der Waals surface area contributed by atoms with Crippen LogP contribution in [0.1, 0.15) is 5.56 Å². The van der Waals surface area contributed by atoms with E-state index < -0.39 is 22.5 Å². The Kier molecular flexibility index (Phi) is 9.51. The van der Waals surface area contributed by atoms with Gasteiger partial charge in [0.25, 0.3) is 4.93 Å². The summed E-state index contributed by atoms with van der Waals surface area (Å²) in [6, 6.07) is 31.2. The first-order chi connectivity index (χ1) is 20.8. The number of carbonyl (C=O) groups excluding carboxylic acids is 1. The van der Waals surface area contributed by atoms with Gasteiger partial charge in [0.05, 0.1) is 10.0 Å². The lowest BCUT2D eigenvalue weighted by atomic mass is 10.0. The second-order valence-electron chi connectivity index (χ2n) is 9.37. The van der Waals surface area contributed by atoms with Crippen LogP contribution in [-0.4, -0.2) is 11.7 Å². The lowest BCUT2D eigenvalue weighted by Crippen LogP contribution is -2.42. The van der Waals surface area contributed by atoms with Gasteiger partial charge < -0.3 is 9.47 Å². The fraction of sp³-hybridized carbons (Fsp3) is 0.0571. The van der Waals surface area contributed by atoms with Crippen molar-refractivity contribution in [3.63, 3.8) is 0 Å². The highest BCUT2D eigenvalue weighted by molar-refractivity contribution is 8.00. The van der Waals surface area contributed by atoms with Gasteiger partial charge >= 0.3 is 5.97 Å². The number of hydrogen-bond acceptors (Lipinski definition) is 4. The first kappa shape index (κ1) is 30.4. The summed E-state index contributed by atoms with van der Waals surface area (Å²) in [7, 11) is 0. The van der Waals surface area contributed by atoms with E-state index in [0.717, 1.165) is 11.1 Å². The van der Waals surface area contributed by atoms with E-state index in [2.05, 4.69) is 6.58 Å². The Labute approximate surface area is 262 Å². The van der Waals surface area contributed by atoms with Crippen molar-refractivity contribution in [1.29, 1.82) is 0 Å². The lowest BCUT2D eigenvalue weighted by molar-refractivity contribution is -0.145. The molecule has 1 atom stereocenters. The minimum absolute atomic E-state index is 0.269. The van der Waals surface area contributed by atoms with Gasteiger partial charge in [-0.15, -0.1) is 6.58 Å². The molecule has 0 heterocycles. The van der Waals surface area contributed by atoms with Crippen molar-refractivity contribution in [1.82, 2.24) is 0 Å². The maximum Gasteiger partial charge on any atom is 0.371 e. The van der Waals surface area contributed by atoms with Crippen LogP contribution < -0.4 is 9.47 Å². The molecule has 0 saturated carbocycles. The number of hydrogen-bond donors (Lipinski definition) is 0. The van der Waals surface area contributed by atoms with Crippen LogP contribution in [-0.2, 0) is 9.73 Å². The third-order valence-corrected chi connectivity index (χ3v) is 8.41. The Morgan fingerprint density at radius 2 is 1.28 bits per heavy atom. The molecule has 43 heavy (non-hydrogen) atoms. The number of para-hydroxylation sites is 1. The van der Waals surface area contributed by atoms with Crippen LogP contribution in [0.2, 0.25) is 10.0 Å². The molecular formula is C35H24Cl2F2O3S. The summed E-state index contributed by atoms with van der Waals surface area (Å²) in [5.41, 5.74) is 3.27. The van der Waals surface area contributed by atoms with Gasteiger partial charge in [0.2, 0.25) is 0 Å². The first-order valence-corrected chi connectivity index (χ1v) is 14.9. The van der Waals surface area contributed by atoms with E-state index in [9.17, 15) is 13.6 Å². The highest BCUT2D eigenvalue weighted by Gasteiger charge is 2.46. The number of esters is 1. The van der Waals surface area contributed by atoms with Gasteiger partial charge in [0, 0.05) is 22.4 Å². The van der Waals surface area contributed by atoms with Crippen LogP contribution in [0.4, 0.5) is 8.78 Å². The summed E-state index contributed by atoms with van der Waals surface area (Å²) in [5.74, 6) is -0.415. The highest BCUT2D eigenvalue weighted by Crippen LogP contribution is 2.42. The standard InChI is InChI=1S/C35H24Cl2F2O3S/c1-2-20-43-35(42-29-6-4-3-5-7-29,25-12-8-23(9-13-25)30-18-14-26(38)21-32(30)36)34(40)41-28-16-10-24(11-17-28)31-19-15-27(39)22-33(31)37/h2-19,21-22H,1,20H2. The van der Waals surface area contributed by atoms with Crippen molar-refractivity contribution in [3.05, 3.63) is 155 Å². The van der Waals surface area contributed by atoms with E-state index in [4.69, 9.17) is 32.7 Å². The molecule has 216 valence electrons. The fourth-order valence-corrected chi connectivity index (χ4v) is 5.94. The smallest absolute Gasteiger partial charge is 0.371 e. The normalized spacial score (nSPS) is 12.3. The molecule has 5 aromatic rings. The molecule has 0 aliphatic heterocycles. The molecule has 0 aromatic heterocycles. The molecule has 0 N–H and O–H groups in total. The van der Waals surface area contributed by atoms with E-state index in [1.165, 1.54) is 36.0 Å². The van der Waals surface area contributed by atoms with Crippen LogP contribution in [0.15, 0.2) is 128 Å². The van der Waals surface area contributed by atoms with Gasteiger partial charge in [-0.05, 0) is 71.8 Å². The molecule has 0 amide bonds. The molecule has 0 radical (unpaired) electrons. The minimum Gasteiger partial charge on any atom is -0.461 e. The molecule has 0 aliphatic rings. The van der Waals surface area contributed by atoms with Gasteiger partial charge in [0.15, 0.2) is 0 Å². The molecule has 0 aliphatic carbocycles. The largest absolute Gasteiger partial charge is 0.461 e. The molecular weight excluding hydrogens is 609 g/mol. The quantitative estimate of drug-likeness (QED) is 0.0664. The Bertz CT molecular complexity index is 1750. The minimum atomic E-state index is -1.63.